The third-order valence-electron chi connectivity index (χ3n) is 5.06. The quantitative estimate of drug-likeness (QED) is 0.689. The van der Waals surface area contributed by atoms with Crippen LogP contribution in [0.3, 0.4) is 0 Å². The summed E-state index contributed by atoms with van der Waals surface area (Å²) in [5, 5.41) is 0. The normalized spacial score (nSPS) is 16.1. The van der Waals surface area contributed by atoms with Gasteiger partial charge < -0.3 is 19.3 Å². The summed E-state index contributed by atoms with van der Waals surface area (Å²) in [5.74, 6) is -0.576. The number of anilines is 1. The molecule has 1 aliphatic rings. The van der Waals surface area contributed by atoms with Crippen molar-refractivity contribution >= 4 is 17.5 Å². The number of rotatable bonds is 7. The third-order valence-corrected chi connectivity index (χ3v) is 5.06. The average Bonchev–Trinajstić information content (AvgIpc) is 3.10. The maximum atomic E-state index is 12.9. The fraction of sp³-hybridized carbons (Fsp3) is 0.364. The first-order chi connectivity index (χ1) is 14.3. The molecule has 0 aromatic heterocycles. The van der Waals surface area contributed by atoms with E-state index in [1.165, 1.54) is 18.1 Å². The lowest BCUT2D eigenvalue weighted by atomic mass is 10.1. The molecule has 3 rings (SSSR count). The Morgan fingerprint density at radius 1 is 1.20 bits per heavy atom. The zero-order valence-corrected chi connectivity index (χ0v) is 17.1. The molecule has 1 fully saturated rings. The Morgan fingerprint density at radius 2 is 1.90 bits per heavy atom. The van der Waals surface area contributed by atoms with E-state index in [1.807, 2.05) is 31.2 Å². The fourth-order valence-corrected chi connectivity index (χ4v) is 3.51. The number of amides is 2. The van der Waals surface area contributed by atoms with E-state index < -0.39 is 12.5 Å². The summed E-state index contributed by atoms with van der Waals surface area (Å²) in [6.07, 6.45) is 0.154. The summed E-state index contributed by atoms with van der Waals surface area (Å²) in [7, 11) is 3.01. The molecule has 1 unspecified atom stereocenters. The second-order valence-electron chi connectivity index (χ2n) is 7.30. The number of carbonyl (C=O) groups excluding carboxylic acids is 2. The molecule has 8 heteroatoms. The van der Waals surface area contributed by atoms with Crippen LogP contribution in [0.25, 0.3) is 0 Å². The molecule has 0 saturated carbocycles. The van der Waals surface area contributed by atoms with Crippen molar-refractivity contribution in [2.24, 2.45) is 5.92 Å². The number of nitrogens with zero attached hydrogens (tertiary/aromatic N) is 2. The van der Waals surface area contributed by atoms with Gasteiger partial charge in [0, 0.05) is 32.2 Å². The van der Waals surface area contributed by atoms with Gasteiger partial charge >= 0.3 is 6.61 Å². The minimum atomic E-state index is -2.95. The Hall–Kier alpha value is -3.16. The van der Waals surface area contributed by atoms with E-state index in [-0.39, 0.29) is 36.3 Å². The summed E-state index contributed by atoms with van der Waals surface area (Å²) in [5.41, 5.74) is 2.57. The molecule has 0 spiro atoms. The molecular weight excluding hydrogens is 394 g/mol. The highest BCUT2D eigenvalue weighted by Crippen LogP contribution is 2.31. The molecule has 0 radical (unpaired) electrons. The van der Waals surface area contributed by atoms with E-state index >= 15 is 0 Å². The molecule has 1 aliphatic heterocycles. The van der Waals surface area contributed by atoms with Crippen LogP contribution in [0.15, 0.2) is 42.5 Å². The molecule has 2 amide bonds. The molecule has 2 aromatic carbocycles. The molecule has 0 aliphatic carbocycles. The van der Waals surface area contributed by atoms with Gasteiger partial charge in [0.25, 0.3) is 0 Å². The number of alkyl halides is 2. The van der Waals surface area contributed by atoms with Crippen LogP contribution in [0.4, 0.5) is 14.5 Å². The van der Waals surface area contributed by atoms with E-state index in [1.54, 1.807) is 24.1 Å². The van der Waals surface area contributed by atoms with Crippen LogP contribution in [0, 0.1) is 12.8 Å². The lowest BCUT2D eigenvalue weighted by Gasteiger charge is -2.22. The lowest BCUT2D eigenvalue weighted by Crippen LogP contribution is -2.34. The Labute approximate surface area is 174 Å². The first-order valence-electron chi connectivity index (χ1n) is 9.52. The number of methoxy groups -OCH3 is 1. The summed E-state index contributed by atoms with van der Waals surface area (Å²) in [4.78, 5) is 28.5. The predicted molar refractivity (Wildman–Crippen MR) is 108 cm³/mol. The van der Waals surface area contributed by atoms with E-state index in [2.05, 4.69) is 4.74 Å². The molecule has 30 heavy (non-hydrogen) atoms. The monoisotopic (exact) mass is 418 g/mol. The largest absolute Gasteiger partial charge is 0.493 e. The SMILES string of the molecule is COc1cc(CN(C)C(=O)C2CC(=O)N(c3ccc(C)cc3)C2)ccc1OC(F)F. The van der Waals surface area contributed by atoms with Gasteiger partial charge in [-0.3, -0.25) is 9.59 Å². The first-order valence-corrected chi connectivity index (χ1v) is 9.52. The molecule has 6 nitrogen and oxygen atoms in total. The topological polar surface area (TPSA) is 59.1 Å². The van der Waals surface area contributed by atoms with Crippen LogP contribution in [0.1, 0.15) is 17.5 Å². The lowest BCUT2D eigenvalue weighted by molar-refractivity contribution is -0.135. The highest BCUT2D eigenvalue weighted by molar-refractivity contribution is 6.00. The summed E-state index contributed by atoms with van der Waals surface area (Å²) in [6, 6.07) is 12.1. The van der Waals surface area contributed by atoms with E-state index in [4.69, 9.17) is 4.74 Å². The van der Waals surface area contributed by atoms with Crippen molar-refractivity contribution in [1.29, 1.82) is 0 Å². The van der Waals surface area contributed by atoms with E-state index in [0.717, 1.165) is 11.3 Å². The van der Waals surface area contributed by atoms with Crippen molar-refractivity contribution in [1.82, 2.24) is 4.90 Å². The number of halogens is 2. The molecule has 160 valence electrons. The van der Waals surface area contributed by atoms with Crippen LogP contribution in [0.5, 0.6) is 11.5 Å². The summed E-state index contributed by atoms with van der Waals surface area (Å²) in [6.45, 7) is -0.405. The standard InChI is InChI=1S/C22H24F2N2O4/c1-14-4-7-17(8-5-14)26-13-16(11-20(26)27)21(28)25(2)12-15-6-9-18(30-22(23)24)19(10-15)29-3/h4-10,16,22H,11-13H2,1-3H3. The number of ether oxygens (including phenoxy) is 2. The maximum Gasteiger partial charge on any atom is 0.387 e. The van der Waals surface area contributed by atoms with Crippen molar-refractivity contribution in [2.45, 2.75) is 26.5 Å². The zero-order chi connectivity index (χ0) is 21.8. The second kappa shape index (κ2) is 9.11. The molecule has 1 saturated heterocycles. The van der Waals surface area contributed by atoms with Crippen molar-refractivity contribution in [3.8, 4) is 11.5 Å². The summed E-state index contributed by atoms with van der Waals surface area (Å²) >= 11 is 0. The van der Waals surface area contributed by atoms with Crippen LogP contribution >= 0.6 is 0 Å². The van der Waals surface area contributed by atoms with Gasteiger partial charge in [-0.1, -0.05) is 23.8 Å². The Bertz CT molecular complexity index is 918. The van der Waals surface area contributed by atoms with Gasteiger partial charge in [0.2, 0.25) is 11.8 Å². The van der Waals surface area contributed by atoms with Crippen LogP contribution in [-0.2, 0) is 16.1 Å². The highest BCUT2D eigenvalue weighted by Gasteiger charge is 2.36. The van der Waals surface area contributed by atoms with Gasteiger partial charge in [0.1, 0.15) is 0 Å². The van der Waals surface area contributed by atoms with Crippen molar-refractivity contribution in [2.75, 3.05) is 25.6 Å². The van der Waals surface area contributed by atoms with Gasteiger partial charge in [-0.05, 0) is 36.8 Å². The first kappa shape index (κ1) is 21.5. The second-order valence-corrected chi connectivity index (χ2v) is 7.30. The van der Waals surface area contributed by atoms with Crippen molar-refractivity contribution < 1.29 is 27.8 Å². The van der Waals surface area contributed by atoms with E-state index in [9.17, 15) is 18.4 Å². The number of hydrogen-bond acceptors (Lipinski definition) is 4. The van der Waals surface area contributed by atoms with E-state index in [0.29, 0.717) is 12.1 Å². The van der Waals surface area contributed by atoms with Crippen LogP contribution in [-0.4, -0.2) is 44.0 Å². The Kier molecular flexibility index (Phi) is 6.54. The molecule has 1 atom stereocenters. The number of carbonyl (C=O) groups is 2. The molecule has 2 aromatic rings. The van der Waals surface area contributed by atoms with Gasteiger partial charge in [-0.2, -0.15) is 8.78 Å². The summed E-state index contributed by atoms with van der Waals surface area (Å²) < 4.78 is 34.5. The average molecular weight is 418 g/mol. The van der Waals surface area contributed by atoms with Crippen molar-refractivity contribution in [3.05, 3.63) is 53.6 Å². The zero-order valence-electron chi connectivity index (χ0n) is 17.1. The number of aryl methyl sites for hydroxylation is 1. The Balaban J connectivity index is 1.66. The van der Waals surface area contributed by atoms with Gasteiger partial charge in [-0.15, -0.1) is 0 Å². The minimum absolute atomic E-state index is 0.0691. The maximum absolute atomic E-state index is 12.9. The van der Waals surface area contributed by atoms with Crippen molar-refractivity contribution in [3.63, 3.8) is 0 Å². The van der Waals surface area contributed by atoms with Gasteiger partial charge in [-0.25, -0.2) is 0 Å². The molecule has 0 N–H and O–H groups in total. The van der Waals surface area contributed by atoms with Crippen LogP contribution < -0.4 is 14.4 Å². The number of hydrogen-bond donors (Lipinski definition) is 0. The van der Waals surface area contributed by atoms with Gasteiger partial charge in [0.05, 0.1) is 13.0 Å². The molecular formula is C22H24F2N2O4. The van der Waals surface area contributed by atoms with Crippen LogP contribution in [0.2, 0.25) is 0 Å². The minimum Gasteiger partial charge on any atom is -0.493 e. The fourth-order valence-electron chi connectivity index (χ4n) is 3.51. The Morgan fingerprint density at radius 3 is 2.53 bits per heavy atom. The highest BCUT2D eigenvalue weighted by atomic mass is 19.3. The van der Waals surface area contributed by atoms with Gasteiger partial charge in [0.15, 0.2) is 11.5 Å². The molecule has 0 bridgehead atoms. The predicted octanol–water partition coefficient (Wildman–Crippen LogP) is 3.62. The third kappa shape index (κ3) is 4.87. The smallest absolute Gasteiger partial charge is 0.387 e. The molecule has 1 heterocycles. The number of benzene rings is 2.